The van der Waals surface area contributed by atoms with E-state index in [9.17, 15) is 0 Å². The minimum atomic E-state index is 1.16. The van der Waals surface area contributed by atoms with Gasteiger partial charge in [-0.2, -0.15) is 4.58 Å². The molecule has 0 fully saturated rings. The minimum absolute atomic E-state index is 1.16. The van der Waals surface area contributed by atoms with Gasteiger partial charge in [0.05, 0.1) is 28.2 Å². The second-order valence-electron chi connectivity index (χ2n) is 19.3. The van der Waals surface area contributed by atoms with Crippen LogP contribution in [0.2, 0.25) is 0 Å². The van der Waals surface area contributed by atoms with E-state index < -0.39 is 0 Å². The van der Waals surface area contributed by atoms with E-state index in [0.717, 1.165) is 11.1 Å². The predicted molar refractivity (Wildman–Crippen MR) is 309 cm³/mol. The number of nitrogens with zero attached hydrogens (tertiary/aromatic N) is 4. The van der Waals surface area contributed by atoms with Gasteiger partial charge in [-0.1, -0.05) is 194 Å². The predicted octanol–water partition coefficient (Wildman–Crippen LogP) is 16.9. The van der Waals surface area contributed by atoms with Gasteiger partial charge in [-0.3, -0.25) is 0 Å². The van der Waals surface area contributed by atoms with Crippen LogP contribution in [0.5, 0.6) is 0 Å². The maximum Gasteiger partial charge on any atom is 0.221 e. The Bertz CT molecular complexity index is 3970. The summed E-state index contributed by atoms with van der Waals surface area (Å²) in [6.07, 6.45) is 7.00. The topological polar surface area (TPSA) is 17.8 Å². The molecule has 8 aromatic carbocycles. The first-order chi connectivity index (χ1) is 35.8. The van der Waals surface area contributed by atoms with E-state index in [2.05, 4.69) is 297 Å². The Hall–Kier alpha value is -8.99. The number of hydrogen-bond acceptors (Lipinski definition) is 0. The Labute approximate surface area is 428 Å². The molecule has 1 aliphatic heterocycles. The highest BCUT2D eigenvalue weighted by Gasteiger charge is 2.38. The van der Waals surface area contributed by atoms with Crippen LogP contribution in [-0.2, 0) is 21.1 Å². The number of rotatable bonds is 10. The number of para-hydroxylation sites is 4. The SMILES string of the molecule is CC(=CC=CC(C)=C(c1c(-c2ccccc2)n(C)c2ccccc12)c1c(-c2ccccc2)n(C)c2ccccc12)C(=C1C(c2ccccc2)=[N+](C)c2ccccc21)c1c(-c2ccccc2)n(C)c2ccccc12. The molecule has 0 saturated carbocycles. The molecule has 0 unspecified atom stereocenters. The van der Waals surface area contributed by atoms with Crippen LogP contribution in [0.15, 0.2) is 248 Å². The van der Waals surface area contributed by atoms with E-state index in [0.29, 0.717) is 0 Å². The van der Waals surface area contributed by atoms with Gasteiger partial charge in [0.2, 0.25) is 11.4 Å². The van der Waals surface area contributed by atoms with E-state index in [1.165, 1.54) is 122 Å². The normalized spacial score (nSPS) is 13.5. The number of benzene rings is 8. The van der Waals surface area contributed by atoms with Crippen molar-refractivity contribution in [3.63, 3.8) is 0 Å². The monoisotopic (exact) mass is 941 g/mol. The van der Waals surface area contributed by atoms with Gasteiger partial charge in [0.1, 0.15) is 7.05 Å². The molecular formula is C69H57N4+. The van der Waals surface area contributed by atoms with Crippen molar-refractivity contribution in [3.05, 3.63) is 276 Å². The summed E-state index contributed by atoms with van der Waals surface area (Å²) in [6, 6.07) is 79.2. The summed E-state index contributed by atoms with van der Waals surface area (Å²) in [7, 11) is 8.87. The molecule has 0 amide bonds. The third-order valence-electron chi connectivity index (χ3n) is 15.1. The molecule has 3 aromatic heterocycles. The molecule has 4 heteroatoms. The second-order valence-corrected chi connectivity index (χ2v) is 19.3. The van der Waals surface area contributed by atoms with Crippen molar-refractivity contribution in [2.75, 3.05) is 7.05 Å². The van der Waals surface area contributed by atoms with Crippen molar-refractivity contribution < 1.29 is 4.58 Å². The molecule has 4 heterocycles. The smallest absolute Gasteiger partial charge is 0.221 e. The zero-order valence-electron chi connectivity index (χ0n) is 42.3. The molecule has 0 bridgehead atoms. The summed E-state index contributed by atoms with van der Waals surface area (Å²) in [5, 5.41) is 3.65. The number of allylic oxidation sites excluding steroid dienone is 7. The molecule has 73 heavy (non-hydrogen) atoms. The lowest BCUT2D eigenvalue weighted by molar-refractivity contribution is -0.400. The van der Waals surface area contributed by atoms with Crippen LogP contribution in [-0.4, -0.2) is 31.0 Å². The van der Waals surface area contributed by atoms with Gasteiger partial charge in [-0.25, -0.2) is 0 Å². The molecular weight excluding hydrogens is 885 g/mol. The average Bonchev–Trinajstić information content (AvgIpc) is 4.11. The van der Waals surface area contributed by atoms with E-state index in [-0.39, 0.29) is 0 Å². The molecule has 1 aliphatic rings. The fourth-order valence-electron chi connectivity index (χ4n) is 11.9. The summed E-state index contributed by atoms with van der Waals surface area (Å²) in [5.41, 5.74) is 25.1. The average molecular weight is 942 g/mol. The number of aromatic nitrogens is 3. The Kier molecular flexibility index (Phi) is 11.5. The second kappa shape index (κ2) is 18.6. The highest BCUT2D eigenvalue weighted by Crippen LogP contribution is 2.50. The largest absolute Gasteiger partial charge is 0.343 e. The molecule has 0 saturated heterocycles. The van der Waals surface area contributed by atoms with Gasteiger partial charge < -0.3 is 13.7 Å². The lowest BCUT2D eigenvalue weighted by Gasteiger charge is -2.18. The molecule has 11 aromatic rings. The Balaban J connectivity index is 1.17. The zero-order valence-corrected chi connectivity index (χ0v) is 42.3. The Morgan fingerprint density at radius 1 is 0.411 bits per heavy atom. The molecule has 0 radical (unpaired) electrons. The summed E-state index contributed by atoms with van der Waals surface area (Å²) >= 11 is 0. The third kappa shape index (κ3) is 7.49. The van der Waals surface area contributed by atoms with Crippen molar-refractivity contribution in [3.8, 4) is 33.8 Å². The molecule has 0 atom stereocenters. The van der Waals surface area contributed by atoms with Crippen molar-refractivity contribution >= 4 is 60.8 Å². The molecule has 0 N–H and O–H groups in total. The molecule has 4 nitrogen and oxygen atoms in total. The first-order valence-electron chi connectivity index (χ1n) is 25.3. The van der Waals surface area contributed by atoms with Crippen LogP contribution in [0, 0.1) is 0 Å². The summed E-state index contributed by atoms with van der Waals surface area (Å²) < 4.78 is 9.55. The third-order valence-corrected chi connectivity index (χ3v) is 15.1. The highest BCUT2D eigenvalue weighted by molar-refractivity contribution is 6.39. The first-order valence-corrected chi connectivity index (χ1v) is 25.3. The summed E-state index contributed by atoms with van der Waals surface area (Å²) in [5.74, 6) is 0. The van der Waals surface area contributed by atoms with E-state index in [1.807, 2.05) is 0 Å². The van der Waals surface area contributed by atoms with Gasteiger partial charge >= 0.3 is 0 Å². The van der Waals surface area contributed by atoms with E-state index in [4.69, 9.17) is 0 Å². The lowest BCUT2D eigenvalue weighted by atomic mass is 9.84. The van der Waals surface area contributed by atoms with E-state index in [1.54, 1.807) is 0 Å². The van der Waals surface area contributed by atoms with Gasteiger partial charge in [0, 0.05) is 87.7 Å². The van der Waals surface area contributed by atoms with Crippen LogP contribution in [0.3, 0.4) is 0 Å². The maximum atomic E-state index is 2.39. The van der Waals surface area contributed by atoms with Crippen molar-refractivity contribution in [2.45, 2.75) is 13.8 Å². The molecule has 0 spiro atoms. The molecule has 0 aliphatic carbocycles. The summed E-state index contributed by atoms with van der Waals surface area (Å²) in [4.78, 5) is 0. The van der Waals surface area contributed by atoms with Gasteiger partial charge in [0.15, 0.2) is 0 Å². The number of aryl methyl sites for hydroxylation is 3. The zero-order chi connectivity index (χ0) is 49.7. The molecule has 352 valence electrons. The highest BCUT2D eigenvalue weighted by atomic mass is 15.0. The van der Waals surface area contributed by atoms with Crippen molar-refractivity contribution in [1.82, 2.24) is 13.7 Å². The fraction of sp³-hybridized carbons (Fsp3) is 0.0870. The van der Waals surface area contributed by atoms with Crippen LogP contribution in [0.25, 0.3) is 83.2 Å². The van der Waals surface area contributed by atoms with Crippen LogP contribution in [0.1, 0.15) is 41.7 Å². The Morgan fingerprint density at radius 3 is 1.25 bits per heavy atom. The number of hydrogen-bond donors (Lipinski definition) is 0. The first kappa shape index (κ1) is 45.2. The van der Waals surface area contributed by atoms with Crippen molar-refractivity contribution in [2.24, 2.45) is 21.1 Å². The van der Waals surface area contributed by atoms with Crippen LogP contribution in [0.4, 0.5) is 5.69 Å². The fourth-order valence-corrected chi connectivity index (χ4v) is 11.9. The van der Waals surface area contributed by atoms with Crippen molar-refractivity contribution in [1.29, 1.82) is 0 Å². The minimum Gasteiger partial charge on any atom is -0.343 e. The van der Waals surface area contributed by atoms with Gasteiger partial charge in [0.25, 0.3) is 0 Å². The summed E-state index contributed by atoms with van der Waals surface area (Å²) in [6.45, 7) is 4.62. The number of fused-ring (bicyclic) bond motifs is 4. The quantitative estimate of drug-likeness (QED) is 0.0961. The lowest BCUT2D eigenvalue weighted by Crippen LogP contribution is -2.12. The van der Waals surface area contributed by atoms with Crippen LogP contribution >= 0.6 is 0 Å². The van der Waals surface area contributed by atoms with E-state index >= 15 is 0 Å². The maximum absolute atomic E-state index is 2.39. The standard InChI is InChI=1S/C69H57N4/c1-46(60(62-52-38-19-23-42-56(52)70(3)66(62)48-30-11-7-12-31-48)63-53-39-20-24-43-57(53)71(4)67(63)49-32-13-8-14-33-49)28-27-29-47(2)61(64-54-40-21-25-44-58(54)72(5)68(64)50-34-15-9-16-35-50)65-55-41-22-26-45-59(55)73(6)69(65)51-36-17-10-18-37-51/h7-45H,1-6H3/q+1. The van der Waals surface area contributed by atoms with Crippen LogP contribution < -0.4 is 0 Å². The Morgan fingerprint density at radius 2 is 0.781 bits per heavy atom. The molecule has 12 rings (SSSR count). The van der Waals surface area contributed by atoms with Gasteiger partial charge in [-0.05, 0) is 83.7 Å². The van der Waals surface area contributed by atoms with Gasteiger partial charge in [-0.15, -0.1) is 0 Å².